The van der Waals surface area contributed by atoms with E-state index in [-0.39, 0.29) is 11.7 Å². The Morgan fingerprint density at radius 3 is 2.68 bits per heavy atom. The van der Waals surface area contributed by atoms with Gasteiger partial charge in [0.2, 0.25) is 0 Å². The molecule has 1 aromatic carbocycles. The van der Waals surface area contributed by atoms with Gasteiger partial charge in [0.1, 0.15) is 17.9 Å². The molecule has 25 heavy (non-hydrogen) atoms. The van der Waals surface area contributed by atoms with E-state index < -0.39 is 0 Å². The lowest BCUT2D eigenvalue weighted by Crippen LogP contribution is -2.12. The van der Waals surface area contributed by atoms with Crippen LogP contribution in [0.3, 0.4) is 0 Å². The highest BCUT2D eigenvalue weighted by Crippen LogP contribution is 2.23. The third kappa shape index (κ3) is 4.10. The molecule has 2 heterocycles. The van der Waals surface area contributed by atoms with E-state index in [4.69, 9.17) is 9.15 Å². The lowest BCUT2D eigenvalue weighted by molar-refractivity contribution is 0.0997. The number of benzene rings is 1. The zero-order valence-corrected chi connectivity index (χ0v) is 14.2. The van der Waals surface area contributed by atoms with Crippen molar-refractivity contribution in [2.45, 2.75) is 20.0 Å². The predicted molar refractivity (Wildman–Crippen MR) is 94.2 cm³/mol. The van der Waals surface area contributed by atoms with E-state index in [1.54, 1.807) is 25.3 Å². The van der Waals surface area contributed by atoms with Crippen LogP contribution in [0.4, 0.5) is 5.82 Å². The number of nitrogens with one attached hydrogen (secondary N) is 1. The van der Waals surface area contributed by atoms with Gasteiger partial charge in [0.15, 0.2) is 5.76 Å². The monoisotopic (exact) mass is 337 g/mol. The van der Waals surface area contributed by atoms with Crippen molar-refractivity contribution in [2.75, 3.05) is 12.4 Å². The third-order valence-corrected chi connectivity index (χ3v) is 3.73. The molecular weight excluding hydrogens is 318 g/mol. The molecule has 0 saturated carbocycles. The van der Waals surface area contributed by atoms with Crippen molar-refractivity contribution >= 4 is 11.7 Å². The number of hydrogen-bond acceptors (Lipinski definition) is 5. The van der Waals surface area contributed by atoms with Crippen LogP contribution in [0.15, 0.2) is 53.2 Å². The standard InChI is InChI=1S/C19H19N3O3/c1-3-13-4-6-14(7-5-13)16-8-9-17(25-16)19(23)22-18-10-15(11-24-2)20-12-21-18/h4-10,12H,3,11H2,1-2H3,(H,20,21,22,23). The van der Waals surface area contributed by atoms with Gasteiger partial charge < -0.3 is 14.5 Å². The fraction of sp³-hybridized carbons (Fsp3) is 0.211. The molecule has 1 amide bonds. The minimum absolute atomic E-state index is 0.224. The smallest absolute Gasteiger partial charge is 0.292 e. The molecule has 3 aromatic rings. The average Bonchev–Trinajstić information content (AvgIpc) is 3.13. The van der Waals surface area contributed by atoms with E-state index in [1.807, 2.05) is 12.1 Å². The summed E-state index contributed by atoms with van der Waals surface area (Å²) in [5.41, 5.74) is 2.87. The first-order valence-electron chi connectivity index (χ1n) is 8.00. The number of aromatic nitrogens is 2. The molecule has 3 rings (SSSR count). The van der Waals surface area contributed by atoms with Gasteiger partial charge >= 0.3 is 0 Å². The SMILES string of the molecule is CCc1ccc(-c2ccc(C(=O)Nc3cc(COC)ncn3)o2)cc1. The summed E-state index contributed by atoms with van der Waals surface area (Å²) >= 11 is 0. The molecule has 0 aliphatic heterocycles. The van der Waals surface area contributed by atoms with Crippen molar-refractivity contribution in [3.05, 3.63) is 65.8 Å². The molecule has 0 saturated heterocycles. The molecule has 0 spiro atoms. The summed E-state index contributed by atoms with van der Waals surface area (Å²) in [6.45, 7) is 2.46. The van der Waals surface area contributed by atoms with Crippen LogP contribution in [0.2, 0.25) is 0 Å². The molecule has 0 aliphatic rings. The summed E-state index contributed by atoms with van der Waals surface area (Å²) in [5.74, 6) is 0.910. The summed E-state index contributed by atoms with van der Waals surface area (Å²) in [6, 6.07) is 13.2. The number of rotatable bonds is 6. The van der Waals surface area contributed by atoms with Gasteiger partial charge in [0, 0.05) is 18.7 Å². The molecular formula is C19H19N3O3. The van der Waals surface area contributed by atoms with Crippen LogP contribution < -0.4 is 5.32 Å². The number of anilines is 1. The van der Waals surface area contributed by atoms with Crippen molar-refractivity contribution in [3.63, 3.8) is 0 Å². The number of carbonyl (C=O) groups is 1. The second-order valence-electron chi connectivity index (χ2n) is 5.50. The van der Waals surface area contributed by atoms with Crippen molar-refractivity contribution in [2.24, 2.45) is 0 Å². The maximum atomic E-state index is 12.3. The van der Waals surface area contributed by atoms with E-state index in [0.29, 0.717) is 23.9 Å². The van der Waals surface area contributed by atoms with Crippen molar-refractivity contribution in [3.8, 4) is 11.3 Å². The van der Waals surface area contributed by atoms with Gasteiger partial charge in [-0.1, -0.05) is 31.2 Å². The summed E-state index contributed by atoms with van der Waals surface area (Å²) in [5, 5.41) is 2.70. The fourth-order valence-corrected chi connectivity index (χ4v) is 2.39. The number of amides is 1. The molecule has 2 aromatic heterocycles. The highest BCUT2D eigenvalue weighted by Gasteiger charge is 2.13. The molecule has 128 valence electrons. The minimum Gasteiger partial charge on any atom is -0.451 e. The predicted octanol–water partition coefficient (Wildman–Crippen LogP) is 3.70. The van der Waals surface area contributed by atoms with Crippen molar-refractivity contribution in [1.82, 2.24) is 9.97 Å². The first-order valence-corrected chi connectivity index (χ1v) is 8.00. The van der Waals surface area contributed by atoms with E-state index in [0.717, 1.165) is 12.0 Å². The number of ether oxygens (including phenoxy) is 1. The molecule has 0 unspecified atom stereocenters. The molecule has 0 fully saturated rings. The van der Waals surface area contributed by atoms with Crippen LogP contribution in [-0.4, -0.2) is 23.0 Å². The number of aryl methyl sites for hydroxylation is 1. The zero-order valence-electron chi connectivity index (χ0n) is 14.2. The van der Waals surface area contributed by atoms with Gasteiger partial charge in [0.05, 0.1) is 12.3 Å². The van der Waals surface area contributed by atoms with E-state index in [1.165, 1.54) is 11.9 Å². The van der Waals surface area contributed by atoms with Gasteiger partial charge in [-0.15, -0.1) is 0 Å². The van der Waals surface area contributed by atoms with E-state index >= 15 is 0 Å². The minimum atomic E-state index is -0.363. The summed E-state index contributed by atoms with van der Waals surface area (Å²) in [6.07, 6.45) is 2.36. The second kappa shape index (κ2) is 7.72. The van der Waals surface area contributed by atoms with Gasteiger partial charge in [-0.05, 0) is 24.1 Å². The quantitative estimate of drug-likeness (QED) is 0.742. The molecule has 6 nitrogen and oxygen atoms in total. The molecule has 0 aliphatic carbocycles. The number of methoxy groups -OCH3 is 1. The Balaban J connectivity index is 1.72. The van der Waals surface area contributed by atoms with Gasteiger partial charge in [-0.2, -0.15) is 0 Å². The Kier molecular flexibility index (Phi) is 5.20. The lowest BCUT2D eigenvalue weighted by atomic mass is 10.1. The van der Waals surface area contributed by atoms with Crippen molar-refractivity contribution in [1.29, 1.82) is 0 Å². The van der Waals surface area contributed by atoms with Gasteiger partial charge in [-0.3, -0.25) is 4.79 Å². The third-order valence-electron chi connectivity index (χ3n) is 3.73. The average molecular weight is 337 g/mol. The highest BCUT2D eigenvalue weighted by molar-refractivity contribution is 6.02. The molecule has 6 heteroatoms. The Labute approximate surface area is 145 Å². The van der Waals surface area contributed by atoms with Crippen LogP contribution in [0.25, 0.3) is 11.3 Å². The Morgan fingerprint density at radius 1 is 1.16 bits per heavy atom. The topological polar surface area (TPSA) is 77.2 Å². The normalized spacial score (nSPS) is 10.6. The zero-order chi connectivity index (χ0) is 17.6. The first-order chi connectivity index (χ1) is 12.2. The van der Waals surface area contributed by atoms with Crippen LogP contribution in [0, 0.1) is 0 Å². The largest absolute Gasteiger partial charge is 0.451 e. The molecule has 0 bridgehead atoms. The number of furan rings is 1. The number of carbonyl (C=O) groups excluding carboxylic acids is 1. The van der Waals surface area contributed by atoms with Crippen LogP contribution in [0.1, 0.15) is 28.7 Å². The molecule has 0 atom stereocenters. The second-order valence-corrected chi connectivity index (χ2v) is 5.50. The Morgan fingerprint density at radius 2 is 1.96 bits per heavy atom. The summed E-state index contributed by atoms with van der Waals surface area (Å²) < 4.78 is 10.7. The van der Waals surface area contributed by atoms with Crippen molar-refractivity contribution < 1.29 is 13.9 Å². The van der Waals surface area contributed by atoms with Crippen LogP contribution in [0.5, 0.6) is 0 Å². The fourth-order valence-electron chi connectivity index (χ4n) is 2.39. The molecule has 0 radical (unpaired) electrons. The van der Waals surface area contributed by atoms with E-state index in [2.05, 4.69) is 34.3 Å². The van der Waals surface area contributed by atoms with E-state index in [9.17, 15) is 4.79 Å². The highest BCUT2D eigenvalue weighted by atomic mass is 16.5. The van der Waals surface area contributed by atoms with Crippen LogP contribution in [-0.2, 0) is 17.8 Å². The Bertz CT molecular complexity index is 856. The summed E-state index contributed by atoms with van der Waals surface area (Å²) in [7, 11) is 1.58. The number of nitrogens with zero attached hydrogens (tertiary/aromatic N) is 2. The molecule has 1 N–H and O–H groups in total. The number of hydrogen-bond donors (Lipinski definition) is 1. The first kappa shape index (κ1) is 16.9. The Hall–Kier alpha value is -2.99. The maximum absolute atomic E-state index is 12.3. The van der Waals surface area contributed by atoms with Crippen LogP contribution >= 0.6 is 0 Å². The maximum Gasteiger partial charge on any atom is 0.292 e. The summed E-state index contributed by atoms with van der Waals surface area (Å²) in [4.78, 5) is 20.4. The van der Waals surface area contributed by atoms with Gasteiger partial charge in [-0.25, -0.2) is 9.97 Å². The lowest BCUT2D eigenvalue weighted by Gasteiger charge is -2.04. The van der Waals surface area contributed by atoms with Gasteiger partial charge in [0.25, 0.3) is 5.91 Å².